The zero-order valence-corrected chi connectivity index (χ0v) is 19.2. The SMILES string of the molecule is C=C(Oc1cc2c(Nc3ccc(OCc4cccc(F)c4)c(Cl)c3)ncnc2cc1OC)C(=O)O. The number of hydrogen-bond acceptors (Lipinski definition) is 7. The van der Waals surface area contributed by atoms with Crippen molar-refractivity contribution < 1.29 is 28.5 Å². The molecule has 35 heavy (non-hydrogen) atoms. The fourth-order valence-electron chi connectivity index (χ4n) is 3.20. The molecule has 0 spiro atoms. The number of fused-ring (bicyclic) bond motifs is 1. The lowest BCUT2D eigenvalue weighted by atomic mass is 10.2. The molecule has 0 saturated heterocycles. The smallest absolute Gasteiger partial charge is 0.371 e. The van der Waals surface area contributed by atoms with Gasteiger partial charge in [-0.2, -0.15) is 0 Å². The van der Waals surface area contributed by atoms with Crippen molar-refractivity contribution >= 4 is 40.0 Å². The molecule has 0 bridgehead atoms. The topological polar surface area (TPSA) is 103 Å². The minimum Gasteiger partial charge on any atom is -0.493 e. The van der Waals surface area contributed by atoms with Gasteiger partial charge in [0.15, 0.2) is 11.5 Å². The van der Waals surface area contributed by atoms with Crippen LogP contribution < -0.4 is 19.5 Å². The van der Waals surface area contributed by atoms with Crippen LogP contribution in [0.2, 0.25) is 5.02 Å². The van der Waals surface area contributed by atoms with Gasteiger partial charge in [0.1, 0.15) is 30.3 Å². The maximum atomic E-state index is 13.4. The number of nitrogens with one attached hydrogen (secondary N) is 1. The van der Waals surface area contributed by atoms with Crippen LogP contribution in [0.25, 0.3) is 10.9 Å². The van der Waals surface area contributed by atoms with E-state index < -0.39 is 11.7 Å². The van der Waals surface area contributed by atoms with E-state index in [2.05, 4.69) is 21.9 Å². The normalized spacial score (nSPS) is 10.6. The molecule has 8 nitrogen and oxygen atoms in total. The number of methoxy groups -OCH3 is 1. The summed E-state index contributed by atoms with van der Waals surface area (Å²) in [6, 6.07) is 14.4. The van der Waals surface area contributed by atoms with Gasteiger partial charge in [0.05, 0.1) is 17.6 Å². The predicted molar refractivity (Wildman–Crippen MR) is 129 cm³/mol. The van der Waals surface area contributed by atoms with Gasteiger partial charge in [0.2, 0.25) is 5.76 Å². The van der Waals surface area contributed by atoms with Gasteiger partial charge in [0, 0.05) is 17.1 Å². The maximum Gasteiger partial charge on any atom is 0.371 e. The van der Waals surface area contributed by atoms with E-state index in [4.69, 9.17) is 30.9 Å². The number of halogens is 2. The monoisotopic (exact) mass is 495 g/mol. The van der Waals surface area contributed by atoms with Gasteiger partial charge in [-0.15, -0.1) is 0 Å². The highest BCUT2D eigenvalue weighted by Crippen LogP contribution is 2.36. The lowest BCUT2D eigenvalue weighted by Gasteiger charge is -2.14. The fourth-order valence-corrected chi connectivity index (χ4v) is 3.43. The lowest BCUT2D eigenvalue weighted by molar-refractivity contribution is -0.135. The van der Waals surface area contributed by atoms with E-state index in [0.717, 1.165) is 0 Å². The Morgan fingerprint density at radius 2 is 1.94 bits per heavy atom. The van der Waals surface area contributed by atoms with Crippen LogP contribution in [0.3, 0.4) is 0 Å². The molecule has 4 rings (SSSR count). The highest BCUT2D eigenvalue weighted by atomic mass is 35.5. The minimum atomic E-state index is -1.30. The molecule has 0 aliphatic rings. The molecule has 2 N–H and O–H groups in total. The summed E-state index contributed by atoms with van der Waals surface area (Å²) in [7, 11) is 1.43. The molecule has 0 amide bonds. The molecule has 1 heterocycles. The van der Waals surface area contributed by atoms with Crippen LogP contribution in [-0.4, -0.2) is 28.2 Å². The van der Waals surface area contributed by atoms with Crippen LogP contribution in [-0.2, 0) is 11.4 Å². The number of benzene rings is 3. The standard InChI is InChI=1S/C25H19ClFN3O5/c1-14(25(31)32)35-23-10-18-20(11-22(23)33-2)28-13-29-24(18)30-17-6-7-21(19(26)9-17)34-12-15-4-3-5-16(27)8-15/h3-11,13H,1,12H2,2H3,(H,31,32)(H,28,29,30). The number of carboxylic acid groups (broad SMARTS) is 1. The van der Waals surface area contributed by atoms with Crippen molar-refractivity contribution in [2.75, 3.05) is 12.4 Å². The van der Waals surface area contributed by atoms with Crippen molar-refractivity contribution in [1.29, 1.82) is 0 Å². The van der Waals surface area contributed by atoms with Gasteiger partial charge >= 0.3 is 5.97 Å². The fraction of sp³-hybridized carbons (Fsp3) is 0.0800. The number of aliphatic carboxylic acids is 1. The lowest BCUT2D eigenvalue weighted by Crippen LogP contribution is -2.07. The average Bonchev–Trinajstić information content (AvgIpc) is 2.83. The predicted octanol–water partition coefficient (Wildman–Crippen LogP) is 5.73. The van der Waals surface area contributed by atoms with Crippen LogP contribution in [0.5, 0.6) is 17.2 Å². The number of aromatic nitrogens is 2. The quantitative estimate of drug-likeness (QED) is 0.224. The first-order chi connectivity index (χ1) is 16.8. The van der Waals surface area contributed by atoms with E-state index >= 15 is 0 Å². The van der Waals surface area contributed by atoms with E-state index in [1.54, 1.807) is 42.5 Å². The second-order valence-electron chi connectivity index (χ2n) is 7.26. The van der Waals surface area contributed by atoms with E-state index in [0.29, 0.717) is 38.7 Å². The molecule has 10 heteroatoms. The van der Waals surface area contributed by atoms with Gasteiger partial charge in [0.25, 0.3) is 0 Å². The average molecular weight is 496 g/mol. The molecule has 4 aromatic rings. The van der Waals surface area contributed by atoms with Gasteiger partial charge in [-0.25, -0.2) is 19.2 Å². The molecule has 0 saturated carbocycles. The highest BCUT2D eigenvalue weighted by Gasteiger charge is 2.16. The number of anilines is 2. The third-order valence-corrected chi connectivity index (χ3v) is 5.17. The first-order valence-electron chi connectivity index (χ1n) is 10.2. The Bertz CT molecular complexity index is 1430. The minimum absolute atomic E-state index is 0.143. The van der Waals surface area contributed by atoms with Crippen LogP contribution in [0.4, 0.5) is 15.9 Å². The van der Waals surface area contributed by atoms with Crippen LogP contribution in [0.15, 0.2) is 73.3 Å². The Kier molecular flexibility index (Phi) is 6.98. The van der Waals surface area contributed by atoms with Crippen molar-refractivity contribution in [2.45, 2.75) is 6.61 Å². The maximum absolute atomic E-state index is 13.4. The second kappa shape index (κ2) is 10.3. The van der Waals surface area contributed by atoms with Gasteiger partial charge < -0.3 is 24.6 Å². The molecule has 0 aliphatic carbocycles. The summed E-state index contributed by atoms with van der Waals surface area (Å²) >= 11 is 6.39. The van der Waals surface area contributed by atoms with E-state index in [9.17, 15) is 9.18 Å². The van der Waals surface area contributed by atoms with E-state index in [1.807, 2.05) is 0 Å². The second-order valence-corrected chi connectivity index (χ2v) is 7.67. The third-order valence-electron chi connectivity index (χ3n) is 4.87. The first kappa shape index (κ1) is 23.8. The molecule has 178 valence electrons. The summed E-state index contributed by atoms with van der Waals surface area (Å²) in [4.78, 5) is 19.7. The number of ether oxygens (including phenoxy) is 3. The van der Waals surface area contributed by atoms with Crippen LogP contribution in [0.1, 0.15) is 5.56 Å². The molecule has 3 aromatic carbocycles. The summed E-state index contributed by atoms with van der Waals surface area (Å²) in [5.41, 5.74) is 1.82. The Morgan fingerprint density at radius 3 is 2.66 bits per heavy atom. The summed E-state index contributed by atoms with van der Waals surface area (Å²) in [6.45, 7) is 3.54. The van der Waals surface area contributed by atoms with E-state index in [1.165, 1.54) is 25.6 Å². The molecule has 0 fully saturated rings. The summed E-state index contributed by atoms with van der Waals surface area (Å²) in [5.74, 6) is -0.822. The summed E-state index contributed by atoms with van der Waals surface area (Å²) in [6.07, 6.45) is 1.37. The largest absolute Gasteiger partial charge is 0.493 e. The van der Waals surface area contributed by atoms with Crippen molar-refractivity contribution in [1.82, 2.24) is 9.97 Å². The third kappa shape index (κ3) is 5.59. The number of hydrogen-bond donors (Lipinski definition) is 2. The van der Waals surface area contributed by atoms with Crippen molar-refractivity contribution in [3.8, 4) is 17.2 Å². The molecular weight excluding hydrogens is 477 g/mol. The van der Waals surface area contributed by atoms with Gasteiger partial charge in [-0.3, -0.25) is 0 Å². The first-order valence-corrected chi connectivity index (χ1v) is 10.6. The van der Waals surface area contributed by atoms with Crippen LogP contribution >= 0.6 is 11.6 Å². The van der Waals surface area contributed by atoms with Crippen LogP contribution in [0, 0.1) is 5.82 Å². The van der Waals surface area contributed by atoms with Crippen molar-refractivity contribution in [3.05, 3.63) is 89.7 Å². The number of carboxylic acids is 1. The molecule has 1 aromatic heterocycles. The summed E-state index contributed by atoms with van der Waals surface area (Å²) < 4.78 is 29.7. The molecule has 0 aliphatic heterocycles. The molecular formula is C25H19ClFN3O5. The Balaban J connectivity index is 1.58. The van der Waals surface area contributed by atoms with Crippen molar-refractivity contribution in [2.24, 2.45) is 0 Å². The molecule has 0 radical (unpaired) electrons. The number of carbonyl (C=O) groups is 1. The summed E-state index contributed by atoms with van der Waals surface area (Å²) in [5, 5.41) is 13.1. The molecule has 0 atom stereocenters. The number of nitrogens with zero attached hydrogens (tertiary/aromatic N) is 2. The van der Waals surface area contributed by atoms with Gasteiger partial charge in [-0.05, 0) is 48.5 Å². The van der Waals surface area contributed by atoms with E-state index in [-0.39, 0.29) is 23.9 Å². The Labute approximate surface area is 204 Å². The zero-order valence-electron chi connectivity index (χ0n) is 18.4. The Hall–Kier alpha value is -4.37. The highest BCUT2D eigenvalue weighted by molar-refractivity contribution is 6.32. The zero-order chi connectivity index (χ0) is 24.9. The number of rotatable bonds is 9. The van der Waals surface area contributed by atoms with Gasteiger partial charge in [-0.1, -0.05) is 23.7 Å². The molecule has 0 unspecified atom stereocenters. The Morgan fingerprint density at radius 1 is 1.11 bits per heavy atom. The van der Waals surface area contributed by atoms with Crippen molar-refractivity contribution in [3.63, 3.8) is 0 Å².